The van der Waals surface area contributed by atoms with Gasteiger partial charge >= 0.3 is 6.03 Å². The molecule has 1 saturated carbocycles. The third kappa shape index (κ3) is 2.41. The van der Waals surface area contributed by atoms with Gasteiger partial charge in [-0.1, -0.05) is 6.42 Å². The second-order valence-electron chi connectivity index (χ2n) is 4.29. The molecule has 0 saturated heterocycles. The summed E-state index contributed by atoms with van der Waals surface area (Å²) in [7, 11) is 0. The summed E-state index contributed by atoms with van der Waals surface area (Å²) < 4.78 is 1.42. The van der Waals surface area contributed by atoms with Gasteiger partial charge in [0.05, 0.1) is 0 Å². The molecule has 1 aliphatic rings. The first-order chi connectivity index (χ1) is 7.81. The fourth-order valence-electron chi connectivity index (χ4n) is 2.31. The topological polar surface area (TPSA) is 67.2 Å². The molecule has 1 amide bonds. The van der Waals surface area contributed by atoms with Gasteiger partial charge in [0.1, 0.15) is 6.33 Å². The van der Waals surface area contributed by atoms with Crippen molar-refractivity contribution in [1.29, 1.82) is 0 Å². The molecule has 5 heteroatoms. The Balaban J connectivity index is 1.81. The van der Waals surface area contributed by atoms with Gasteiger partial charge in [0.25, 0.3) is 0 Å². The number of aliphatic hydroxyl groups excluding tert-OH is 1. The third-order valence-electron chi connectivity index (χ3n) is 3.31. The van der Waals surface area contributed by atoms with E-state index in [9.17, 15) is 4.79 Å². The quantitative estimate of drug-likeness (QED) is 0.798. The number of nitrogens with zero attached hydrogens (tertiary/aromatic N) is 2. The number of nitrogens with one attached hydrogen (secondary N) is 1. The SMILES string of the molecule is O=C(NCC1CCCC1CO)n1ccnc1. The minimum Gasteiger partial charge on any atom is -0.396 e. The van der Waals surface area contributed by atoms with Crippen molar-refractivity contribution in [2.45, 2.75) is 19.3 Å². The summed E-state index contributed by atoms with van der Waals surface area (Å²) in [6.45, 7) is 0.869. The van der Waals surface area contributed by atoms with Crippen molar-refractivity contribution in [3.05, 3.63) is 18.7 Å². The van der Waals surface area contributed by atoms with Gasteiger partial charge in [-0.15, -0.1) is 0 Å². The summed E-state index contributed by atoms with van der Waals surface area (Å²) >= 11 is 0. The second-order valence-corrected chi connectivity index (χ2v) is 4.29. The molecule has 2 atom stereocenters. The molecule has 0 aromatic carbocycles. The Morgan fingerprint density at radius 1 is 1.50 bits per heavy atom. The summed E-state index contributed by atoms with van der Waals surface area (Å²) in [5, 5.41) is 12.0. The van der Waals surface area contributed by atoms with E-state index in [2.05, 4.69) is 10.3 Å². The zero-order valence-electron chi connectivity index (χ0n) is 9.17. The Morgan fingerprint density at radius 3 is 3.00 bits per heavy atom. The summed E-state index contributed by atoms with van der Waals surface area (Å²) in [5.74, 6) is 0.764. The number of hydrogen-bond donors (Lipinski definition) is 2. The Morgan fingerprint density at radius 2 is 2.31 bits per heavy atom. The normalized spacial score (nSPS) is 24.6. The average Bonchev–Trinajstić information content (AvgIpc) is 2.96. The first-order valence-electron chi connectivity index (χ1n) is 5.68. The van der Waals surface area contributed by atoms with Crippen LogP contribution >= 0.6 is 0 Å². The number of rotatable bonds is 3. The van der Waals surface area contributed by atoms with Gasteiger partial charge in [-0.25, -0.2) is 9.78 Å². The molecule has 0 radical (unpaired) electrons. The summed E-state index contributed by atoms with van der Waals surface area (Å²) in [6.07, 6.45) is 7.99. The fraction of sp³-hybridized carbons (Fsp3) is 0.636. The van der Waals surface area contributed by atoms with Crippen LogP contribution in [-0.4, -0.2) is 33.8 Å². The molecule has 16 heavy (non-hydrogen) atoms. The van der Waals surface area contributed by atoms with Crippen molar-refractivity contribution in [2.24, 2.45) is 11.8 Å². The number of aromatic nitrogens is 2. The largest absolute Gasteiger partial charge is 0.396 e. The van der Waals surface area contributed by atoms with Crippen LogP contribution in [0.1, 0.15) is 19.3 Å². The van der Waals surface area contributed by atoms with E-state index < -0.39 is 0 Å². The molecule has 2 unspecified atom stereocenters. The minimum atomic E-state index is -0.152. The average molecular weight is 223 g/mol. The van der Waals surface area contributed by atoms with Crippen molar-refractivity contribution >= 4 is 6.03 Å². The van der Waals surface area contributed by atoms with Crippen molar-refractivity contribution in [3.8, 4) is 0 Å². The lowest BCUT2D eigenvalue weighted by Gasteiger charge is -2.17. The number of imidazole rings is 1. The molecule has 2 N–H and O–H groups in total. The Bertz CT molecular complexity index is 337. The second kappa shape index (κ2) is 5.12. The number of hydrogen-bond acceptors (Lipinski definition) is 3. The Hall–Kier alpha value is -1.36. The van der Waals surface area contributed by atoms with Crippen LogP contribution in [-0.2, 0) is 0 Å². The number of amides is 1. The predicted molar refractivity (Wildman–Crippen MR) is 58.9 cm³/mol. The Labute approximate surface area is 94.5 Å². The maximum absolute atomic E-state index is 11.6. The smallest absolute Gasteiger partial charge is 0.326 e. The molecular weight excluding hydrogens is 206 g/mol. The molecule has 1 aliphatic carbocycles. The van der Waals surface area contributed by atoms with Gasteiger partial charge in [0, 0.05) is 25.5 Å². The van der Waals surface area contributed by atoms with E-state index in [-0.39, 0.29) is 12.6 Å². The van der Waals surface area contributed by atoms with E-state index in [4.69, 9.17) is 5.11 Å². The van der Waals surface area contributed by atoms with Crippen LogP contribution in [0.2, 0.25) is 0 Å². The first-order valence-corrected chi connectivity index (χ1v) is 5.68. The van der Waals surface area contributed by atoms with Gasteiger partial charge in [0.15, 0.2) is 0 Å². The predicted octanol–water partition coefficient (Wildman–Crippen LogP) is 0.849. The van der Waals surface area contributed by atoms with E-state index in [1.807, 2.05) is 0 Å². The van der Waals surface area contributed by atoms with Gasteiger partial charge in [0.2, 0.25) is 0 Å². The van der Waals surface area contributed by atoms with E-state index in [1.165, 1.54) is 10.9 Å². The molecule has 1 fully saturated rings. The lowest BCUT2D eigenvalue weighted by molar-refractivity contribution is 0.191. The molecule has 5 nitrogen and oxygen atoms in total. The first kappa shape index (κ1) is 11.1. The molecular formula is C11H17N3O2. The minimum absolute atomic E-state index is 0.152. The summed E-state index contributed by atoms with van der Waals surface area (Å²) in [5.41, 5.74) is 0. The fourth-order valence-corrected chi connectivity index (χ4v) is 2.31. The van der Waals surface area contributed by atoms with Crippen LogP contribution in [0.15, 0.2) is 18.7 Å². The molecule has 88 valence electrons. The number of aliphatic hydroxyl groups is 1. The van der Waals surface area contributed by atoms with Crippen molar-refractivity contribution in [2.75, 3.05) is 13.2 Å². The highest BCUT2D eigenvalue weighted by Crippen LogP contribution is 2.30. The van der Waals surface area contributed by atoms with Crippen LogP contribution in [0.4, 0.5) is 4.79 Å². The van der Waals surface area contributed by atoms with E-state index in [0.29, 0.717) is 18.4 Å². The van der Waals surface area contributed by atoms with E-state index in [1.54, 1.807) is 12.4 Å². The van der Waals surface area contributed by atoms with Crippen LogP contribution < -0.4 is 5.32 Å². The van der Waals surface area contributed by atoms with Gasteiger partial charge in [-0.05, 0) is 24.7 Å². The van der Waals surface area contributed by atoms with Crippen molar-refractivity contribution in [1.82, 2.24) is 14.9 Å². The summed E-state index contributed by atoms with van der Waals surface area (Å²) in [4.78, 5) is 15.4. The maximum Gasteiger partial charge on any atom is 0.326 e. The number of carbonyl (C=O) groups is 1. The molecule has 2 rings (SSSR count). The van der Waals surface area contributed by atoms with Crippen molar-refractivity contribution < 1.29 is 9.90 Å². The molecule has 1 aromatic rings. The maximum atomic E-state index is 11.6. The summed E-state index contributed by atoms with van der Waals surface area (Å²) in [6, 6.07) is -0.152. The van der Waals surface area contributed by atoms with Gasteiger partial charge < -0.3 is 10.4 Å². The molecule has 0 spiro atoms. The highest BCUT2D eigenvalue weighted by atomic mass is 16.3. The molecule has 0 bridgehead atoms. The van der Waals surface area contributed by atoms with Gasteiger partial charge in [-0.2, -0.15) is 0 Å². The Kier molecular flexibility index (Phi) is 3.56. The standard InChI is InChI=1S/C11H17N3O2/c15-7-10-3-1-2-9(10)6-13-11(16)14-5-4-12-8-14/h4-5,8-10,15H,1-3,6-7H2,(H,13,16). The molecule has 1 aromatic heterocycles. The molecule has 1 heterocycles. The molecule has 0 aliphatic heterocycles. The third-order valence-corrected chi connectivity index (χ3v) is 3.31. The van der Waals surface area contributed by atoms with E-state index >= 15 is 0 Å². The lowest BCUT2D eigenvalue weighted by Crippen LogP contribution is -2.34. The van der Waals surface area contributed by atoms with Crippen LogP contribution in [0.5, 0.6) is 0 Å². The van der Waals surface area contributed by atoms with Crippen LogP contribution in [0, 0.1) is 11.8 Å². The zero-order valence-corrected chi connectivity index (χ0v) is 9.17. The lowest BCUT2D eigenvalue weighted by atomic mass is 9.97. The monoisotopic (exact) mass is 223 g/mol. The highest BCUT2D eigenvalue weighted by Gasteiger charge is 2.26. The zero-order chi connectivity index (χ0) is 11.4. The van der Waals surface area contributed by atoms with E-state index in [0.717, 1.165) is 19.3 Å². The van der Waals surface area contributed by atoms with Gasteiger partial charge in [-0.3, -0.25) is 4.57 Å². The van der Waals surface area contributed by atoms with Crippen molar-refractivity contribution in [3.63, 3.8) is 0 Å². The highest BCUT2D eigenvalue weighted by molar-refractivity contribution is 5.76. The van der Waals surface area contributed by atoms with Crippen LogP contribution in [0.3, 0.4) is 0 Å². The van der Waals surface area contributed by atoms with Crippen LogP contribution in [0.25, 0.3) is 0 Å². The number of carbonyl (C=O) groups excluding carboxylic acids is 1.